The molecule has 1 aliphatic heterocycles. The molecule has 0 amide bonds. The van der Waals surface area contributed by atoms with Gasteiger partial charge in [-0.15, -0.1) is 0 Å². The first kappa shape index (κ1) is 23.4. The summed E-state index contributed by atoms with van der Waals surface area (Å²) < 4.78 is 12.5. The van der Waals surface area contributed by atoms with Crippen molar-refractivity contribution in [2.75, 3.05) is 5.32 Å². The van der Waals surface area contributed by atoms with Crippen LogP contribution < -0.4 is 5.32 Å². The van der Waals surface area contributed by atoms with Gasteiger partial charge < -0.3 is 14.5 Å². The largest absolute Gasteiger partial charge is 0.489 e. The number of ether oxygens (including phenoxy) is 1. The zero-order valence-corrected chi connectivity index (χ0v) is 22.4. The lowest BCUT2D eigenvalue weighted by atomic mass is 9.87. The molecular formula is C37H31NO2. The van der Waals surface area contributed by atoms with Gasteiger partial charge in [0.05, 0.1) is 0 Å². The van der Waals surface area contributed by atoms with E-state index in [9.17, 15) is 0 Å². The molecule has 2 atom stereocenters. The number of nitrogens with one attached hydrogen (secondary N) is 1. The van der Waals surface area contributed by atoms with Crippen LogP contribution in [0.25, 0.3) is 28.2 Å². The van der Waals surface area contributed by atoms with Crippen molar-refractivity contribution in [3.8, 4) is 0 Å². The van der Waals surface area contributed by atoms with Gasteiger partial charge in [0.15, 0.2) is 0 Å². The molecule has 0 bridgehead atoms. The first-order chi connectivity index (χ1) is 19.8. The molecule has 40 heavy (non-hydrogen) atoms. The molecule has 3 aromatic rings. The van der Waals surface area contributed by atoms with Gasteiger partial charge in [-0.1, -0.05) is 85.0 Å². The molecule has 2 aromatic carbocycles. The third kappa shape index (κ3) is 4.14. The Bertz CT molecular complexity index is 1760. The van der Waals surface area contributed by atoms with Crippen molar-refractivity contribution in [2.45, 2.75) is 44.2 Å². The van der Waals surface area contributed by atoms with Crippen molar-refractivity contribution in [3.63, 3.8) is 0 Å². The summed E-state index contributed by atoms with van der Waals surface area (Å²) >= 11 is 0. The third-order valence-corrected chi connectivity index (χ3v) is 8.62. The monoisotopic (exact) mass is 521 g/mol. The highest BCUT2D eigenvalue weighted by molar-refractivity contribution is 5.89. The Hall–Kier alpha value is -4.50. The molecule has 3 nitrogen and oxygen atoms in total. The average Bonchev–Trinajstić information content (AvgIpc) is 3.45. The summed E-state index contributed by atoms with van der Waals surface area (Å²) in [5.74, 6) is 2.15. The highest BCUT2D eigenvalue weighted by Gasteiger charge is 2.32. The molecule has 0 saturated heterocycles. The zero-order chi connectivity index (χ0) is 26.5. The van der Waals surface area contributed by atoms with E-state index < -0.39 is 0 Å². The molecule has 0 spiro atoms. The van der Waals surface area contributed by atoms with E-state index >= 15 is 0 Å². The molecule has 0 fully saturated rings. The van der Waals surface area contributed by atoms with Gasteiger partial charge in [0.25, 0.3) is 0 Å². The van der Waals surface area contributed by atoms with Gasteiger partial charge in [-0.2, -0.15) is 0 Å². The molecule has 3 heteroatoms. The highest BCUT2D eigenvalue weighted by Crippen LogP contribution is 2.42. The van der Waals surface area contributed by atoms with E-state index in [1.165, 1.54) is 50.1 Å². The predicted octanol–water partition coefficient (Wildman–Crippen LogP) is 9.10. The lowest BCUT2D eigenvalue weighted by Crippen LogP contribution is -2.17. The molecule has 5 aliphatic rings. The van der Waals surface area contributed by atoms with Gasteiger partial charge in [-0.25, -0.2) is 0 Å². The number of fused-ring (bicyclic) bond motifs is 5. The molecule has 1 aromatic heterocycles. The second kappa shape index (κ2) is 9.60. The van der Waals surface area contributed by atoms with Crippen LogP contribution in [0, 0.1) is 0 Å². The number of hydrogen-bond donors (Lipinski definition) is 1. The summed E-state index contributed by atoms with van der Waals surface area (Å²) in [6.45, 7) is 0. The summed E-state index contributed by atoms with van der Waals surface area (Å²) in [5, 5.41) is 4.90. The Kier molecular flexibility index (Phi) is 5.62. The second-order valence-corrected chi connectivity index (χ2v) is 11.1. The van der Waals surface area contributed by atoms with Crippen LogP contribution in [-0.4, -0.2) is 12.1 Å². The van der Waals surface area contributed by atoms with Crippen LogP contribution in [-0.2, 0) is 11.2 Å². The number of hydrogen-bond acceptors (Lipinski definition) is 3. The normalized spacial score (nSPS) is 22.6. The minimum Gasteiger partial charge on any atom is -0.489 e. The SMILES string of the molecule is C1=CCc2c(oc3cc(C4=CCC(Nc5ccc(C6=CC=C7C8=C(CCC=C8)OC7C6)cc5)C=C4)ccc23)C=C1. The number of allylic oxidation sites excluding steroid dienone is 10. The smallest absolute Gasteiger partial charge is 0.135 e. The molecule has 196 valence electrons. The topological polar surface area (TPSA) is 34.4 Å². The van der Waals surface area contributed by atoms with E-state index in [0.29, 0.717) is 0 Å². The second-order valence-electron chi connectivity index (χ2n) is 11.1. The maximum Gasteiger partial charge on any atom is 0.135 e. The van der Waals surface area contributed by atoms with Crippen LogP contribution in [0.2, 0.25) is 0 Å². The molecule has 2 unspecified atom stereocenters. The van der Waals surface area contributed by atoms with E-state index in [0.717, 1.165) is 49.1 Å². The van der Waals surface area contributed by atoms with Crippen molar-refractivity contribution in [3.05, 3.63) is 143 Å². The van der Waals surface area contributed by atoms with Crippen molar-refractivity contribution >= 4 is 33.9 Å². The fourth-order valence-electron chi connectivity index (χ4n) is 6.49. The Labute approximate surface area is 234 Å². The van der Waals surface area contributed by atoms with Crippen LogP contribution in [0.15, 0.2) is 125 Å². The first-order valence-electron chi connectivity index (χ1n) is 14.4. The van der Waals surface area contributed by atoms with E-state index in [4.69, 9.17) is 9.15 Å². The Morgan fingerprint density at radius 3 is 2.70 bits per heavy atom. The van der Waals surface area contributed by atoms with Gasteiger partial charge in [0, 0.05) is 46.7 Å². The van der Waals surface area contributed by atoms with Gasteiger partial charge in [-0.3, -0.25) is 0 Å². The zero-order valence-electron chi connectivity index (χ0n) is 22.4. The maximum absolute atomic E-state index is 6.31. The minimum absolute atomic E-state index is 0.163. The number of benzene rings is 2. The summed E-state index contributed by atoms with van der Waals surface area (Å²) in [7, 11) is 0. The number of furan rings is 1. The first-order valence-corrected chi connectivity index (χ1v) is 14.4. The molecule has 8 rings (SSSR count). The van der Waals surface area contributed by atoms with Crippen LogP contribution in [0.3, 0.4) is 0 Å². The van der Waals surface area contributed by atoms with E-state index in [1.54, 1.807) is 0 Å². The summed E-state index contributed by atoms with van der Waals surface area (Å²) in [4.78, 5) is 0. The minimum atomic E-state index is 0.163. The number of anilines is 1. The quantitative estimate of drug-likeness (QED) is 0.372. The van der Waals surface area contributed by atoms with Gasteiger partial charge in [-0.05, 0) is 65.8 Å². The fraction of sp³-hybridized carbons (Fsp3) is 0.189. The van der Waals surface area contributed by atoms with E-state index in [-0.39, 0.29) is 12.1 Å². The summed E-state index contributed by atoms with van der Waals surface area (Å²) in [6.07, 6.45) is 29.3. The predicted molar refractivity (Wildman–Crippen MR) is 165 cm³/mol. The van der Waals surface area contributed by atoms with Crippen LogP contribution >= 0.6 is 0 Å². The Morgan fingerprint density at radius 1 is 0.875 bits per heavy atom. The molecule has 0 radical (unpaired) electrons. The van der Waals surface area contributed by atoms with Crippen LogP contribution in [0.4, 0.5) is 5.69 Å². The summed E-state index contributed by atoms with van der Waals surface area (Å²) in [6, 6.07) is 15.7. The highest BCUT2D eigenvalue weighted by atomic mass is 16.5. The number of rotatable bonds is 4. The Morgan fingerprint density at radius 2 is 1.80 bits per heavy atom. The van der Waals surface area contributed by atoms with E-state index in [1.807, 2.05) is 6.08 Å². The molecule has 2 heterocycles. The van der Waals surface area contributed by atoms with Crippen molar-refractivity contribution in [1.82, 2.24) is 0 Å². The van der Waals surface area contributed by atoms with Crippen LogP contribution in [0.1, 0.15) is 48.1 Å². The van der Waals surface area contributed by atoms with E-state index in [2.05, 4.69) is 109 Å². The van der Waals surface area contributed by atoms with Crippen molar-refractivity contribution in [1.29, 1.82) is 0 Å². The standard InChI is InChI=1S/C37H31NO2/c1-2-6-30-32-20-14-26(22-36(32)39-34(30)8-3-1)24-10-16-28(17-11-24)38-29-18-12-25(13-19-29)27-15-21-33-31-7-4-5-9-35(31)40-37(33)23-27/h1-4,7-8,10-16,18-22,28,37-38H,5-6,9,17,23H2. The Balaban J connectivity index is 0.928. The molecule has 1 N–H and O–H groups in total. The maximum atomic E-state index is 6.31. The van der Waals surface area contributed by atoms with Gasteiger partial charge in [0.1, 0.15) is 23.2 Å². The third-order valence-electron chi connectivity index (χ3n) is 8.62. The average molecular weight is 522 g/mol. The molecule has 0 saturated carbocycles. The summed E-state index contributed by atoms with van der Waals surface area (Å²) in [5.41, 5.74) is 11.1. The van der Waals surface area contributed by atoms with Crippen molar-refractivity contribution < 1.29 is 9.15 Å². The van der Waals surface area contributed by atoms with Gasteiger partial charge in [0.2, 0.25) is 0 Å². The van der Waals surface area contributed by atoms with Crippen LogP contribution in [0.5, 0.6) is 0 Å². The lowest BCUT2D eigenvalue weighted by Gasteiger charge is -2.21. The molecule has 4 aliphatic carbocycles. The van der Waals surface area contributed by atoms with Gasteiger partial charge >= 0.3 is 0 Å². The lowest BCUT2D eigenvalue weighted by molar-refractivity contribution is 0.162. The fourth-order valence-corrected chi connectivity index (χ4v) is 6.49. The molecular weight excluding hydrogens is 490 g/mol. The van der Waals surface area contributed by atoms with Crippen molar-refractivity contribution in [2.24, 2.45) is 0 Å².